The van der Waals surface area contributed by atoms with Crippen LogP contribution in [0.15, 0.2) is 18.2 Å². The van der Waals surface area contributed by atoms with Gasteiger partial charge in [-0.2, -0.15) is 15.0 Å². The lowest BCUT2D eigenvalue weighted by atomic mass is 10.3. The van der Waals surface area contributed by atoms with Gasteiger partial charge in [0.05, 0.1) is 5.02 Å². The predicted molar refractivity (Wildman–Crippen MR) is 83.0 cm³/mol. The highest BCUT2D eigenvalue weighted by Gasteiger charge is 2.09. The Kier molecular flexibility index (Phi) is 4.74. The molecular weight excluding hydrogens is 295 g/mol. The molecule has 0 aliphatic heterocycles. The van der Waals surface area contributed by atoms with Crippen molar-refractivity contribution in [2.75, 3.05) is 36.2 Å². The molecule has 0 saturated heterocycles. The van der Waals surface area contributed by atoms with Gasteiger partial charge < -0.3 is 15.5 Å². The van der Waals surface area contributed by atoms with E-state index in [4.69, 9.17) is 11.6 Å². The zero-order valence-corrected chi connectivity index (χ0v) is 12.7. The Bertz CT molecular complexity index is 634. The van der Waals surface area contributed by atoms with Crippen LogP contribution in [-0.4, -0.2) is 35.6 Å². The predicted octanol–water partition coefficient (Wildman–Crippen LogP) is 2.91. The normalized spacial score (nSPS) is 10.3. The van der Waals surface area contributed by atoms with Crippen LogP contribution in [-0.2, 0) is 0 Å². The third-order valence-electron chi connectivity index (χ3n) is 2.53. The van der Waals surface area contributed by atoms with E-state index in [1.54, 1.807) is 11.0 Å². The maximum Gasteiger partial charge on any atom is 0.233 e. The number of benzene rings is 1. The van der Waals surface area contributed by atoms with Crippen molar-refractivity contribution in [3.05, 3.63) is 29.0 Å². The molecule has 2 aromatic rings. The second-order valence-electron chi connectivity index (χ2n) is 4.46. The number of aromatic nitrogens is 3. The second kappa shape index (κ2) is 6.53. The highest BCUT2D eigenvalue weighted by atomic mass is 35.5. The van der Waals surface area contributed by atoms with Crippen molar-refractivity contribution in [2.45, 2.75) is 6.92 Å². The highest BCUT2D eigenvalue weighted by molar-refractivity contribution is 6.30. The van der Waals surface area contributed by atoms with Crippen LogP contribution in [0, 0.1) is 5.82 Å². The monoisotopic (exact) mass is 310 g/mol. The molecule has 1 heterocycles. The summed E-state index contributed by atoms with van der Waals surface area (Å²) in [7, 11) is 3.66. The first kappa shape index (κ1) is 15.2. The van der Waals surface area contributed by atoms with E-state index < -0.39 is 5.82 Å². The standard InChI is InChI=1S/C13H16ClFN6/c1-4-16-11-18-12(20-13(19-11)21(2)3)17-8-5-6-9(14)10(15)7-8/h5-7H,4H2,1-3H3,(H2,16,17,18,19,20). The summed E-state index contributed by atoms with van der Waals surface area (Å²) in [6.45, 7) is 2.63. The maximum atomic E-state index is 13.4. The molecule has 0 saturated carbocycles. The third-order valence-corrected chi connectivity index (χ3v) is 2.84. The summed E-state index contributed by atoms with van der Waals surface area (Å²) in [5.41, 5.74) is 0.509. The fourth-order valence-electron chi connectivity index (χ4n) is 1.56. The van der Waals surface area contributed by atoms with Crippen molar-refractivity contribution in [3.8, 4) is 0 Å². The zero-order chi connectivity index (χ0) is 15.4. The summed E-state index contributed by atoms with van der Waals surface area (Å²) in [5.74, 6) is 0.771. The Morgan fingerprint density at radius 1 is 1.19 bits per heavy atom. The second-order valence-corrected chi connectivity index (χ2v) is 4.87. The lowest BCUT2D eigenvalue weighted by Gasteiger charge is -2.13. The van der Waals surface area contributed by atoms with Gasteiger partial charge in [0.25, 0.3) is 0 Å². The molecule has 1 aromatic carbocycles. The van der Waals surface area contributed by atoms with Gasteiger partial charge in [0.2, 0.25) is 17.8 Å². The van der Waals surface area contributed by atoms with Crippen molar-refractivity contribution in [1.29, 1.82) is 0 Å². The largest absolute Gasteiger partial charge is 0.354 e. The van der Waals surface area contributed by atoms with Crippen molar-refractivity contribution in [2.24, 2.45) is 0 Å². The zero-order valence-electron chi connectivity index (χ0n) is 12.0. The van der Waals surface area contributed by atoms with Gasteiger partial charge in [0, 0.05) is 26.3 Å². The molecule has 0 aliphatic carbocycles. The summed E-state index contributed by atoms with van der Waals surface area (Å²) in [6.07, 6.45) is 0. The van der Waals surface area contributed by atoms with E-state index in [1.807, 2.05) is 21.0 Å². The van der Waals surface area contributed by atoms with Crippen molar-refractivity contribution in [1.82, 2.24) is 15.0 Å². The molecule has 0 amide bonds. The summed E-state index contributed by atoms with van der Waals surface area (Å²) in [4.78, 5) is 14.5. The van der Waals surface area contributed by atoms with Gasteiger partial charge in [-0.3, -0.25) is 0 Å². The molecule has 2 N–H and O–H groups in total. The van der Waals surface area contributed by atoms with Gasteiger partial charge in [0.15, 0.2) is 0 Å². The minimum Gasteiger partial charge on any atom is -0.354 e. The lowest BCUT2D eigenvalue weighted by Crippen LogP contribution is -2.16. The number of nitrogens with zero attached hydrogens (tertiary/aromatic N) is 4. The van der Waals surface area contributed by atoms with Crippen LogP contribution in [0.1, 0.15) is 6.92 Å². The quantitative estimate of drug-likeness (QED) is 0.885. The van der Waals surface area contributed by atoms with E-state index >= 15 is 0 Å². The van der Waals surface area contributed by atoms with Crippen LogP contribution in [0.4, 0.5) is 27.9 Å². The van der Waals surface area contributed by atoms with E-state index in [2.05, 4.69) is 25.6 Å². The molecule has 0 aliphatic rings. The molecule has 0 bridgehead atoms. The average molecular weight is 311 g/mol. The van der Waals surface area contributed by atoms with E-state index in [-0.39, 0.29) is 5.02 Å². The minimum absolute atomic E-state index is 0.0681. The summed E-state index contributed by atoms with van der Waals surface area (Å²) in [6, 6.07) is 4.41. The number of hydrogen-bond acceptors (Lipinski definition) is 6. The number of anilines is 4. The third kappa shape index (κ3) is 3.91. The molecule has 0 spiro atoms. The van der Waals surface area contributed by atoms with Crippen LogP contribution < -0.4 is 15.5 Å². The Morgan fingerprint density at radius 2 is 1.90 bits per heavy atom. The topological polar surface area (TPSA) is 66.0 Å². The molecule has 8 heteroatoms. The molecular formula is C13H16ClFN6. The number of hydrogen-bond donors (Lipinski definition) is 2. The van der Waals surface area contributed by atoms with Gasteiger partial charge in [0.1, 0.15) is 5.82 Å². The summed E-state index contributed by atoms with van der Waals surface area (Å²) >= 11 is 5.66. The molecule has 6 nitrogen and oxygen atoms in total. The van der Waals surface area contributed by atoms with E-state index in [1.165, 1.54) is 12.1 Å². The molecule has 2 rings (SSSR count). The molecule has 0 atom stereocenters. The molecule has 0 unspecified atom stereocenters. The van der Waals surface area contributed by atoms with Crippen molar-refractivity contribution in [3.63, 3.8) is 0 Å². The number of nitrogens with one attached hydrogen (secondary N) is 2. The van der Waals surface area contributed by atoms with Crippen molar-refractivity contribution >= 4 is 35.1 Å². The minimum atomic E-state index is -0.504. The molecule has 112 valence electrons. The summed E-state index contributed by atoms with van der Waals surface area (Å²) < 4.78 is 13.4. The van der Waals surface area contributed by atoms with Gasteiger partial charge >= 0.3 is 0 Å². The van der Waals surface area contributed by atoms with Crippen LogP contribution >= 0.6 is 11.6 Å². The molecule has 0 radical (unpaired) electrons. The van der Waals surface area contributed by atoms with Crippen molar-refractivity contribution < 1.29 is 4.39 Å². The number of rotatable bonds is 5. The van der Waals surface area contributed by atoms with Crippen LogP contribution in [0.25, 0.3) is 0 Å². The fraction of sp³-hybridized carbons (Fsp3) is 0.308. The summed E-state index contributed by atoms with van der Waals surface area (Å²) in [5, 5.41) is 6.03. The lowest BCUT2D eigenvalue weighted by molar-refractivity contribution is 0.629. The Balaban J connectivity index is 2.31. The first-order valence-electron chi connectivity index (χ1n) is 6.39. The number of halogens is 2. The maximum absolute atomic E-state index is 13.4. The van der Waals surface area contributed by atoms with E-state index in [9.17, 15) is 4.39 Å². The molecule has 0 fully saturated rings. The Labute approximate surface area is 127 Å². The Morgan fingerprint density at radius 3 is 2.52 bits per heavy atom. The van der Waals surface area contributed by atoms with E-state index in [0.29, 0.717) is 30.1 Å². The van der Waals surface area contributed by atoms with Gasteiger partial charge in [-0.1, -0.05) is 11.6 Å². The van der Waals surface area contributed by atoms with Crippen LogP contribution in [0.5, 0.6) is 0 Å². The average Bonchev–Trinajstić information content (AvgIpc) is 2.43. The Hall–Kier alpha value is -2.15. The van der Waals surface area contributed by atoms with Gasteiger partial charge in [-0.25, -0.2) is 4.39 Å². The SMILES string of the molecule is CCNc1nc(Nc2ccc(Cl)c(F)c2)nc(N(C)C)n1. The molecule has 21 heavy (non-hydrogen) atoms. The first-order valence-corrected chi connectivity index (χ1v) is 6.76. The van der Waals surface area contributed by atoms with Crippen LogP contribution in [0.3, 0.4) is 0 Å². The first-order chi connectivity index (χ1) is 9.99. The van der Waals surface area contributed by atoms with Gasteiger partial charge in [-0.05, 0) is 25.1 Å². The smallest absolute Gasteiger partial charge is 0.233 e. The van der Waals surface area contributed by atoms with Gasteiger partial charge in [-0.15, -0.1) is 0 Å². The highest BCUT2D eigenvalue weighted by Crippen LogP contribution is 2.21. The van der Waals surface area contributed by atoms with Crippen LogP contribution in [0.2, 0.25) is 5.02 Å². The molecule has 1 aromatic heterocycles. The van der Waals surface area contributed by atoms with E-state index in [0.717, 1.165) is 0 Å². The fourth-order valence-corrected chi connectivity index (χ4v) is 1.68.